The topological polar surface area (TPSA) is 37.9 Å². The number of aromatic nitrogens is 1. The molecule has 0 atom stereocenters. The molecule has 22 heavy (non-hydrogen) atoms. The molecule has 0 saturated heterocycles. The van der Waals surface area contributed by atoms with Crippen molar-refractivity contribution in [3.8, 4) is 11.8 Å². The number of hydrogen-bond donors (Lipinski definition) is 0. The van der Waals surface area contributed by atoms with E-state index in [2.05, 4.69) is 29.2 Å². The number of halogens is 2. The van der Waals surface area contributed by atoms with Gasteiger partial charge in [-0.25, -0.2) is 0 Å². The lowest BCUT2D eigenvalue weighted by molar-refractivity contribution is -0.0497. The normalized spacial score (nSPS) is 15.3. The Labute approximate surface area is 128 Å². The second-order valence-corrected chi connectivity index (χ2v) is 6.04. The number of nitriles is 1. The Morgan fingerprint density at radius 1 is 1.32 bits per heavy atom. The summed E-state index contributed by atoms with van der Waals surface area (Å²) in [5.41, 5.74) is 2.47. The molecule has 0 bridgehead atoms. The Hall–Kier alpha value is -2.09. The van der Waals surface area contributed by atoms with Crippen molar-refractivity contribution in [1.82, 2.24) is 4.57 Å². The highest BCUT2D eigenvalue weighted by atomic mass is 19.3. The van der Waals surface area contributed by atoms with Gasteiger partial charge >= 0.3 is 6.61 Å². The van der Waals surface area contributed by atoms with Gasteiger partial charge < -0.3 is 9.30 Å². The van der Waals surface area contributed by atoms with Crippen LogP contribution in [-0.4, -0.2) is 11.2 Å². The van der Waals surface area contributed by atoms with Crippen LogP contribution >= 0.6 is 0 Å². The molecule has 5 heteroatoms. The fourth-order valence-electron chi connectivity index (χ4n) is 3.21. The van der Waals surface area contributed by atoms with E-state index in [1.54, 1.807) is 12.1 Å². The van der Waals surface area contributed by atoms with Gasteiger partial charge in [-0.1, -0.05) is 13.8 Å². The zero-order chi connectivity index (χ0) is 15.9. The SMILES string of the molecule is CC(C)c1c(C#N)c2ccc(OC(F)F)cc2n1C1CCC1. The first-order valence-corrected chi connectivity index (χ1v) is 7.55. The highest BCUT2D eigenvalue weighted by molar-refractivity contribution is 5.89. The van der Waals surface area contributed by atoms with Crippen molar-refractivity contribution in [2.75, 3.05) is 0 Å². The molecule has 116 valence electrons. The van der Waals surface area contributed by atoms with Crippen LogP contribution < -0.4 is 4.74 Å². The van der Waals surface area contributed by atoms with Gasteiger partial charge in [0.1, 0.15) is 11.8 Å². The Bertz CT molecular complexity index is 739. The van der Waals surface area contributed by atoms with E-state index < -0.39 is 6.61 Å². The number of rotatable bonds is 4. The maximum Gasteiger partial charge on any atom is 0.387 e. The van der Waals surface area contributed by atoms with Crippen molar-refractivity contribution in [3.63, 3.8) is 0 Å². The number of fused-ring (bicyclic) bond motifs is 1. The van der Waals surface area contributed by atoms with E-state index in [9.17, 15) is 14.0 Å². The molecule has 1 aliphatic carbocycles. The second-order valence-electron chi connectivity index (χ2n) is 6.04. The van der Waals surface area contributed by atoms with E-state index in [-0.39, 0.29) is 11.7 Å². The van der Waals surface area contributed by atoms with Crippen LogP contribution in [0, 0.1) is 11.3 Å². The molecule has 1 aromatic heterocycles. The molecular weight excluding hydrogens is 286 g/mol. The molecule has 1 aromatic carbocycles. The molecule has 3 rings (SSSR count). The Balaban J connectivity index is 2.25. The number of benzene rings is 1. The van der Waals surface area contributed by atoms with Gasteiger partial charge in [-0.15, -0.1) is 0 Å². The quantitative estimate of drug-likeness (QED) is 0.800. The minimum Gasteiger partial charge on any atom is -0.435 e. The first-order chi connectivity index (χ1) is 10.5. The molecule has 0 spiro atoms. The third-order valence-electron chi connectivity index (χ3n) is 4.34. The number of hydrogen-bond acceptors (Lipinski definition) is 2. The highest BCUT2D eigenvalue weighted by Crippen LogP contribution is 2.41. The predicted molar refractivity (Wildman–Crippen MR) is 80.3 cm³/mol. The third-order valence-corrected chi connectivity index (χ3v) is 4.34. The smallest absolute Gasteiger partial charge is 0.387 e. The van der Waals surface area contributed by atoms with Crippen LogP contribution in [0.4, 0.5) is 8.78 Å². The van der Waals surface area contributed by atoms with Gasteiger partial charge in [-0.05, 0) is 37.3 Å². The minimum atomic E-state index is -2.84. The average Bonchev–Trinajstić information content (AvgIpc) is 2.70. The first-order valence-electron chi connectivity index (χ1n) is 7.55. The Morgan fingerprint density at radius 2 is 2.05 bits per heavy atom. The summed E-state index contributed by atoms with van der Waals surface area (Å²) in [6.07, 6.45) is 3.29. The minimum absolute atomic E-state index is 0.139. The summed E-state index contributed by atoms with van der Waals surface area (Å²) in [6.45, 7) is 1.27. The van der Waals surface area contributed by atoms with Crippen LogP contribution in [-0.2, 0) is 0 Å². The van der Waals surface area contributed by atoms with Crippen molar-refractivity contribution in [3.05, 3.63) is 29.5 Å². The molecule has 2 aromatic rings. The average molecular weight is 304 g/mol. The van der Waals surface area contributed by atoms with E-state index in [1.165, 1.54) is 6.07 Å². The monoisotopic (exact) mass is 304 g/mol. The Morgan fingerprint density at radius 3 is 2.55 bits per heavy atom. The lowest BCUT2D eigenvalue weighted by atomic mass is 9.92. The summed E-state index contributed by atoms with van der Waals surface area (Å²) in [5, 5.41) is 10.4. The molecule has 1 saturated carbocycles. The van der Waals surface area contributed by atoms with Crippen LogP contribution in [0.3, 0.4) is 0 Å². The zero-order valence-electron chi connectivity index (χ0n) is 12.6. The van der Waals surface area contributed by atoms with Gasteiger partial charge in [-0.3, -0.25) is 0 Å². The van der Waals surface area contributed by atoms with Crippen molar-refractivity contribution < 1.29 is 13.5 Å². The molecule has 3 nitrogen and oxygen atoms in total. The summed E-state index contributed by atoms with van der Waals surface area (Å²) < 4.78 is 31.6. The summed E-state index contributed by atoms with van der Waals surface area (Å²) in [6, 6.07) is 7.50. The fraction of sp³-hybridized carbons (Fsp3) is 0.471. The van der Waals surface area contributed by atoms with E-state index in [0.717, 1.165) is 35.9 Å². The van der Waals surface area contributed by atoms with Gasteiger partial charge in [0.15, 0.2) is 0 Å². The maximum absolute atomic E-state index is 12.5. The van der Waals surface area contributed by atoms with Crippen LogP contribution in [0.25, 0.3) is 10.9 Å². The van der Waals surface area contributed by atoms with E-state index in [0.29, 0.717) is 11.6 Å². The molecule has 0 aliphatic heterocycles. The molecule has 0 unspecified atom stereocenters. The van der Waals surface area contributed by atoms with Gasteiger partial charge in [-0.2, -0.15) is 14.0 Å². The first kappa shape index (κ1) is 14.8. The molecule has 1 fully saturated rings. The van der Waals surface area contributed by atoms with E-state index in [1.807, 2.05) is 0 Å². The maximum atomic E-state index is 12.5. The van der Waals surface area contributed by atoms with Crippen molar-refractivity contribution in [2.24, 2.45) is 0 Å². The summed E-state index contributed by atoms with van der Waals surface area (Å²) in [7, 11) is 0. The standard InChI is InChI=1S/C17H18F2N2O/c1-10(2)16-14(9-20)13-7-6-12(22-17(18)19)8-15(13)21(16)11-4-3-5-11/h6-8,10-11,17H,3-5H2,1-2H3. The summed E-state index contributed by atoms with van der Waals surface area (Å²) >= 11 is 0. The third kappa shape index (κ3) is 2.33. The van der Waals surface area contributed by atoms with E-state index >= 15 is 0 Å². The number of ether oxygens (including phenoxy) is 1. The Kier molecular flexibility index (Phi) is 3.78. The summed E-state index contributed by atoms with van der Waals surface area (Å²) in [5.74, 6) is 0.336. The largest absolute Gasteiger partial charge is 0.435 e. The van der Waals surface area contributed by atoms with Crippen LogP contribution in [0.15, 0.2) is 18.2 Å². The second kappa shape index (κ2) is 5.60. The molecule has 1 aliphatic rings. The molecule has 0 N–H and O–H groups in total. The van der Waals surface area contributed by atoms with Crippen molar-refractivity contribution in [2.45, 2.75) is 51.7 Å². The molecule has 0 amide bonds. The zero-order valence-corrected chi connectivity index (χ0v) is 12.6. The van der Waals surface area contributed by atoms with Gasteiger partial charge in [0.25, 0.3) is 0 Å². The van der Waals surface area contributed by atoms with Crippen molar-refractivity contribution >= 4 is 10.9 Å². The number of alkyl halides is 2. The number of nitrogens with zero attached hydrogens (tertiary/aromatic N) is 2. The van der Waals surface area contributed by atoms with Crippen LogP contribution in [0.2, 0.25) is 0 Å². The lowest BCUT2D eigenvalue weighted by Crippen LogP contribution is -2.19. The van der Waals surface area contributed by atoms with Crippen LogP contribution in [0.5, 0.6) is 5.75 Å². The summed E-state index contributed by atoms with van der Waals surface area (Å²) in [4.78, 5) is 0. The predicted octanol–water partition coefficient (Wildman–Crippen LogP) is 4.96. The van der Waals surface area contributed by atoms with Gasteiger partial charge in [0, 0.05) is 23.2 Å². The molecular formula is C17H18F2N2O. The molecule has 0 radical (unpaired) electrons. The van der Waals surface area contributed by atoms with Crippen LogP contribution in [0.1, 0.15) is 56.3 Å². The van der Waals surface area contributed by atoms with Crippen molar-refractivity contribution in [1.29, 1.82) is 5.26 Å². The van der Waals surface area contributed by atoms with Gasteiger partial charge in [0.2, 0.25) is 0 Å². The molecule has 1 heterocycles. The fourth-order valence-corrected chi connectivity index (χ4v) is 3.21. The lowest BCUT2D eigenvalue weighted by Gasteiger charge is -2.31. The van der Waals surface area contributed by atoms with Gasteiger partial charge in [0.05, 0.1) is 11.1 Å². The van der Waals surface area contributed by atoms with E-state index in [4.69, 9.17) is 0 Å². The highest BCUT2D eigenvalue weighted by Gasteiger charge is 2.28.